The van der Waals surface area contributed by atoms with E-state index < -0.39 is 11.9 Å². The number of unbranched alkanes of at least 4 members (excludes halogenated alkanes) is 4. The van der Waals surface area contributed by atoms with Crippen LogP contribution in [0.25, 0.3) is 0 Å². The molecule has 16 heavy (non-hydrogen) atoms. The molecule has 0 fully saturated rings. The average Bonchev–Trinajstić information content (AvgIpc) is 2.16. The van der Waals surface area contributed by atoms with Crippen LogP contribution >= 0.6 is 0 Å². The molecule has 0 unspecified atom stereocenters. The van der Waals surface area contributed by atoms with Gasteiger partial charge >= 0.3 is 11.9 Å². The molecule has 0 amide bonds. The molecule has 0 heterocycles. The van der Waals surface area contributed by atoms with Gasteiger partial charge in [-0.15, -0.1) is 0 Å². The van der Waals surface area contributed by atoms with E-state index in [0.717, 1.165) is 19.3 Å². The van der Waals surface area contributed by atoms with Gasteiger partial charge < -0.3 is 15.3 Å². The molecule has 6 heteroatoms. The molecule has 0 aliphatic rings. The van der Waals surface area contributed by atoms with Crippen molar-refractivity contribution in [1.82, 2.24) is 0 Å². The second-order valence-electron chi connectivity index (χ2n) is 3.16. The maximum absolute atomic E-state index is 10.1. The van der Waals surface area contributed by atoms with E-state index in [9.17, 15) is 9.59 Å². The minimum absolute atomic E-state index is 0.221. The zero-order valence-electron chi connectivity index (χ0n) is 9.09. The van der Waals surface area contributed by atoms with E-state index in [2.05, 4.69) is 0 Å². The molecule has 0 rings (SSSR count). The van der Waals surface area contributed by atoms with Gasteiger partial charge in [-0.05, 0) is 12.8 Å². The summed E-state index contributed by atoms with van der Waals surface area (Å²) < 4.78 is 0. The second kappa shape index (κ2) is 13.4. The third-order valence-corrected chi connectivity index (χ3v) is 1.78. The number of carboxylic acid groups (broad SMARTS) is 3. The third kappa shape index (κ3) is 22.8. The SMILES string of the molecule is O=C(O)CCCCCCCC(=O)O.O=CO. The van der Waals surface area contributed by atoms with Crippen molar-refractivity contribution in [3.05, 3.63) is 0 Å². The van der Waals surface area contributed by atoms with Gasteiger partial charge in [0.25, 0.3) is 6.47 Å². The third-order valence-electron chi connectivity index (χ3n) is 1.78. The minimum Gasteiger partial charge on any atom is -0.483 e. The van der Waals surface area contributed by atoms with Gasteiger partial charge in [-0.25, -0.2) is 0 Å². The van der Waals surface area contributed by atoms with Crippen LogP contribution in [0.15, 0.2) is 0 Å². The lowest BCUT2D eigenvalue weighted by atomic mass is 10.1. The molecule has 0 aromatic heterocycles. The van der Waals surface area contributed by atoms with Crippen LogP contribution in [0.5, 0.6) is 0 Å². The number of hydrogen-bond donors (Lipinski definition) is 3. The maximum Gasteiger partial charge on any atom is 0.303 e. The van der Waals surface area contributed by atoms with Crippen LogP contribution in [0.1, 0.15) is 44.9 Å². The first-order valence-corrected chi connectivity index (χ1v) is 5.06. The predicted octanol–water partition coefficient (Wildman–Crippen LogP) is 1.59. The minimum atomic E-state index is -0.759. The Bertz CT molecular complexity index is 183. The summed E-state index contributed by atoms with van der Waals surface area (Å²) in [5.74, 6) is -1.52. The lowest BCUT2D eigenvalue weighted by Crippen LogP contribution is -1.95. The van der Waals surface area contributed by atoms with Gasteiger partial charge in [-0.2, -0.15) is 0 Å². The topological polar surface area (TPSA) is 112 Å². The fourth-order valence-corrected chi connectivity index (χ4v) is 1.08. The molecule has 0 bridgehead atoms. The summed E-state index contributed by atoms with van der Waals surface area (Å²) in [4.78, 5) is 28.6. The summed E-state index contributed by atoms with van der Waals surface area (Å²) in [6, 6.07) is 0. The van der Waals surface area contributed by atoms with Crippen LogP contribution in [-0.4, -0.2) is 33.7 Å². The highest BCUT2D eigenvalue weighted by Crippen LogP contribution is 2.06. The van der Waals surface area contributed by atoms with Gasteiger partial charge in [0.15, 0.2) is 0 Å². The van der Waals surface area contributed by atoms with E-state index in [-0.39, 0.29) is 19.3 Å². The highest BCUT2D eigenvalue weighted by Gasteiger charge is 1.98. The first-order valence-electron chi connectivity index (χ1n) is 5.06. The molecule has 0 aromatic carbocycles. The quantitative estimate of drug-likeness (QED) is 0.434. The largest absolute Gasteiger partial charge is 0.483 e. The van der Waals surface area contributed by atoms with Crippen LogP contribution in [0.2, 0.25) is 0 Å². The lowest BCUT2D eigenvalue weighted by molar-refractivity contribution is -0.138. The van der Waals surface area contributed by atoms with E-state index in [1.165, 1.54) is 0 Å². The van der Waals surface area contributed by atoms with Gasteiger partial charge in [-0.1, -0.05) is 19.3 Å². The second-order valence-corrected chi connectivity index (χ2v) is 3.16. The number of carboxylic acids is 2. The lowest BCUT2D eigenvalue weighted by Gasteiger charge is -1.97. The van der Waals surface area contributed by atoms with E-state index >= 15 is 0 Å². The van der Waals surface area contributed by atoms with E-state index in [1.54, 1.807) is 0 Å². The molecule has 6 nitrogen and oxygen atoms in total. The van der Waals surface area contributed by atoms with Crippen molar-refractivity contribution in [3.8, 4) is 0 Å². The van der Waals surface area contributed by atoms with Crippen LogP contribution in [0.3, 0.4) is 0 Å². The van der Waals surface area contributed by atoms with Gasteiger partial charge in [0.05, 0.1) is 0 Å². The number of hydrogen-bond acceptors (Lipinski definition) is 3. The number of rotatable bonds is 8. The monoisotopic (exact) mass is 234 g/mol. The van der Waals surface area contributed by atoms with Crippen molar-refractivity contribution in [2.45, 2.75) is 44.9 Å². The molecule has 0 aliphatic carbocycles. The molecular formula is C10H18O6. The van der Waals surface area contributed by atoms with E-state index in [4.69, 9.17) is 20.1 Å². The molecule has 0 saturated heterocycles. The maximum atomic E-state index is 10.1. The standard InChI is InChI=1S/C9H16O4.CH2O2/c10-8(11)6-4-2-1-3-5-7-9(12)13;2-1-3/h1-7H2,(H,10,11)(H,12,13);1H,(H,2,3). The zero-order chi connectivity index (χ0) is 12.8. The Morgan fingerprint density at radius 1 is 0.812 bits per heavy atom. The molecule has 3 N–H and O–H groups in total. The molecule has 0 saturated carbocycles. The average molecular weight is 234 g/mol. The summed E-state index contributed by atoms with van der Waals surface area (Å²) in [7, 11) is 0. The predicted molar refractivity (Wildman–Crippen MR) is 56.3 cm³/mol. The van der Waals surface area contributed by atoms with E-state index in [1.807, 2.05) is 0 Å². The zero-order valence-corrected chi connectivity index (χ0v) is 9.09. The Kier molecular flexibility index (Phi) is 14.1. The van der Waals surface area contributed by atoms with Crippen molar-refractivity contribution in [3.63, 3.8) is 0 Å². The Labute approximate surface area is 93.9 Å². The highest BCUT2D eigenvalue weighted by atomic mass is 16.4. The summed E-state index contributed by atoms with van der Waals surface area (Å²) in [6.07, 6.45) is 4.53. The normalized spacial score (nSPS) is 8.75. The Morgan fingerprint density at radius 3 is 1.31 bits per heavy atom. The Balaban J connectivity index is 0. The van der Waals surface area contributed by atoms with Gasteiger partial charge in [0.2, 0.25) is 0 Å². The molecule has 0 aromatic rings. The van der Waals surface area contributed by atoms with Crippen molar-refractivity contribution >= 4 is 18.4 Å². The fourth-order valence-electron chi connectivity index (χ4n) is 1.08. The smallest absolute Gasteiger partial charge is 0.303 e. The Morgan fingerprint density at radius 2 is 1.06 bits per heavy atom. The fraction of sp³-hybridized carbons (Fsp3) is 0.700. The van der Waals surface area contributed by atoms with Crippen molar-refractivity contribution in [2.24, 2.45) is 0 Å². The first kappa shape index (κ1) is 16.8. The first-order chi connectivity index (χ1) is 7.54. The van der Waals surface area contributed by atoms with Crippen molar-refractivity contribution < 1.29 is 29.7 Å². The van der Waals surface area contributed by atoms with Crippen molar-refractivity contribution in [2.75, 3.05) is 0 Å². The van der Waals surface area contributed by atoms with Crippen LogP contribution in [-0.2, 0) is 14.4 Å². The van der Waals surface area contributed by atoms with Crippen LogP contribution in [0.4, 0.5) is 0 Å². The molecule has 94 valence electrons. The van der Waals surface area contributed by atoms with E-state index in [0.29, 0.717) is 12.8 Å². The molecule has 0 atom stereocenters. The summed E-state index contributed by atoms with van der Waals surface area (Å²) in [6.45, 7) is -0.250. The summed E-state index contributed by atoms with van der Waals surface area (Å²) in [5.41, 5.74) is 0. The summed E-state index contributed by atoms with van der Waals surface area (Å²) in [5, 5.41) is 23.5. The van der Waals surface area contributed by atoms with Crippen molar-refractivity contribution in [1.29, 1.82) is 0 Å². The summed E-state index contributed by atoms with van der Waals surface area (Å²) >= 11 is 0. The molecule has 0 aliphatic heterocycles. The molecular weight excluding hydrogens is 216 g/mol. The van der Waals surface area contributed by atoms with Crippen LogP contribution < -0.4 is 0 Å². The van der Waals surface area contributed by atoms with Gasteiger partial charge in [0.1, 0.15) is 0 Å². The van der Waals surface area contributed by atoms with Gasteiger partial charge in [0, 0.05) is 12.8 Å². The highest BCUT2D eigenvalue weighted by molar-refractivity contribution is 5.66. The number of aliphatic carboxylic acids is 2. The van der Waals surface area contributed by atoms with Crippen LogP contribution in [0, 0.1) is 0 Å². The molecule has 0 spiro atoms. The Hall–Kier alpha value is -1.59. The van der Waals surface area contributed by atoms with Gasteiger partial charge in [-0.3, -0.25) is 14.4 Å². The number of carbonyl (C=O) groups is 3. The molecule has 0 radical (unpaired) electrons.